The monoisotopic (exact) mass is 429 g/mol. The number of piperidine rings is 1. The molecule has 1 aliphatic heterocycles. The second kappa shape index (κ2) is 8.22. The summed E-state index contributed by atoms with van der Waals surface area (Å²) in [5.41, 5.74) is 3.31. The number of benzene rings is 1. The van der Waals surface area contributed by atoms with Gasteiger partial charge in [0.2, 0.25) is 0 Å². The Hall–Kier alpha value is -3.48. The minimum absolute atomic E-state index is 0.0240. The normalized spacial score (nSPS) is 16.8. The highest BCUT2D eigenvalue weighted by atomic mass is 16.2. The van der Waals surface area contributed by atoms with E-state index in [4.69, 9.17) is 0 Å². The molecule has 1 aromatic carbocycles. The summed E-state index contributed by atoms with van der Waals surface area (Å²) in [6, 6.07) is 13.3. The van der Waals surface area contributed by atoms with Gasteiger partial charge >= 0.3 is 0 Å². The lowest BCUT2D eigenvalue weighted by molar-refractivity contribution is 0.0605. The van der Waals surface area contributed by atoms with Gasteiger partial charge in [0.25, 0.3) is 11.5 Å². The molecule has 0 spiro atoms. The Morgan fingerprint density at radius 1 is 1.09 bits per heavy atom. The molecule has 0 bridgehead atoms. The van der Waals surface area contributed by atoms with Crippen molar-refractivity contribution in [2.24, 2.45) is 5.92 Å². The Bertz CT molecular complexity index is 1340. The van der Waals surface area contributed by atoms with Gasteiger partial charge in [0.05, 0.1) is 17.1 Å². The van der Waals surface area contributed by atoms with Crippen LogP contribution in [0.15, 0.2) is 59.7 Å². The Balaban J connectivity index is 1.62. The predicted molar refractivity (Wildman–Crippen MR) is 124 cm³/mol. The molecule has 0 aliphatic carbocycles. The minimum Gasteiger partial charge on any atom is -0.330 e. The number of likely N-dealkylation sites (tertiary alicyclic amines) is 1. The maximum atomic E-state index is 13.6. The number of nitrogens with zero attached hydrogens (tertiary/aromatic N) is 5. The summed E-state index contributed by atoms with van der Waals surface area (Å²) in [4.78, 5) is 33.1. The molecule has 1 aliphatic rings. The van der Waals surface area contributed by atoms with E-state index in [1.54, 1.807) is 21.3 Å². The number of amides is 1. The number of hydrogen-bond acceptors (Lipinski definition) is 4. The van der Waals surface area contributed by atoms with Gasteiger partial charge in [0.1, 0.15) is 5.52 Å². The first-order valence-corrected chi connectivity index (χ1v) is 11.3. The second-order valence-corrected chi connectivity index (χ2v) is 8.92. The Morgan fingerprint density at radius 3 is 2.66 bits per heavy atom. The lowest BCUT2D eigenvalue weighted by Gasteiger charge is -2.35. The zero-order valence-electron chi connectivity index (χ0n) is 18.4. The molecule has 1 atom stereocenters. The summed E-state index contributed by atoms with van der Waals surface area (Å²) >= 11 is 0. The van der Waals surface area contributed by atoms with Crippen molar-refractivity contribution in [1.82, 2.24) is 24.1 Å². The van der Waals surface area contributed by atoms with Crippen LogP contribution in [0.4, 0.5) is 0 Å². The maximum Gasteiger partial charge on any atom is 0.277 e. The van der Waals surface area contributed by atoms with Gasteiger partial charge in [-0.2, -0.15) is 5.10 Å². The van der Waals surface area contributed by atoms with Gasteiger partial charge in [-0.15, -0.1) is 0 Å². The van der Waals surface area contributed by atoms with Crippen molar-refractivity contribution in [2.75, 3.05) is 6.54 Å². The third-order valence-corrected chi connectivity index (χ3v) is 6.17. The number of para-hydroxylation sites is 2. The first kappa shape index (κ1) is 20.4. The lowest BCUT2D eigenvalue weighted by Crippen LogP contribution is -2.38. The maximum absolute atomic E-state index is 13.6. The number of hydrogen-bond donors (Lipinski definition) is 0. The summed E-state index contributed by atoms with van der Waals surface area (Å²) in [5, 5.41) is 4.62. The van der Waals surface area contributed by atoms with Crippen LogP contribution in [-0.2, 0) is 6.54 Å². The molecule has 4 aromatic rings. The molecule has 32 heavy (non-hydrogen) atoms. The third kappa shape index (κ3) is 3.47. The molecule has 164 valence electrons. The van der Waals surface area contributed by atoms with Gasteiger partial charge in [-0.1, -0.05) is 32.0 Å². The van der Waals surface area contributed by atoms with Crippen LogP contribution in [0.3, 0.4) is 0 Å². The van der Waals surface area contributed by atoms with Crippen LogP contribution in [-0.4, -0.2) is 36.5 Å². The standard InChI is InChI=1S/C25H27N5O2/c1-17(2)16-29-21-10-3-4-11-22(21)30-23(25(29)32)14-19(27-30)24(31)28-13-6-5-9-20(28)18-8-7-12-26-15-18/h3-4,7-8,10-12,14-15,17,20H,5-6,9,13,16H2,1-2H3/t20-/m0/s1. The fourth-order valence-corrected chi connectivity index (χ4v) is 4.73. The molecule has 0 unspecified atom stereocenters. The smallest absolute Gasteiger partial charge is 0.277 e. The molecule has 0 saturated carbocycles. The number of fused-ring (bicyclic) bond motifs is 3. The van der Waals surface area contributed by atoms with Crippen molar-refractivity contribution in [3.8, 4) is 0 Å². The van der Waals surface area contributed by atoms with Gasteiger partial charge in [-0.25, -0.2) is 4.52 Å². The number of rotatable bonds is 4. The molecule has 4 heterocycles. The van der Waals surface area contributed by atoms with Crippen molar-refractivity contribution in [2.45, 2.75) is 45.7 Å². The summed E-state index contributed by atoms with van der Waals surface area (Å²) in [6.07, 6.45) is 6.50. The zero-order chi connectivity index (χ0) is 22.2. The summed E-state index contributed by atoms with van der Waals surface area (Å²) in [5.74, 6) is 0.178. The topological polar surface area (TPSA) is 72.5 Å². The van der Waals surface area contributed by atoms with E-state index in [1.165, 1.54) is 0 Å². The minimum atomic E-state index is -0.138. The van der Waals surface area contributed by atoms with E-state index in [2.05, 4.69) is 23.9 Å². The van der Waals surface area contributed by atoms with Crippen LogP contribution in [0, 0.1) is 5.92 Å². The van der Waals surface area contributed by atoms with E-state index in [1.807, 2.05) is 47.5 Å². The fraction of sp³-hybridized carbons (Fsp3) is 0.360. The third-order valence-electron chi connectivity index (χ3n) is 6.17. The van der Waals surface area contributed by atoms with Crippen molar-refractivity contribution in [3.63, 3.8) is 0 Å². The molecule has 7 nitrogen and oxygen atoms in total. The highest BCUT2D eigenvalue weighted by molar-refractivity contribution is 5.94. The molecular formula is C25H27N5O2. The molecule has 0 radical (unpaired) electrons. The van der Waals surface area contributed by atoms with Crippen LogP contribution < -0.4 is 5.56 Å². The van der Waals surface area contributed by atoms with E-state index < -0.39 is 0 Å². The Morgan fingerprint density at radius 2 is 1.91 bits per heavy atom. The fourth-order valence-electron chi connectivity index (χ4n) is 4.73. The molecule has 3 aromatic heterocycles. The average Bonchev–Trinajstić information content (AvgIpc) is 3.28. The summed E-state index contributed by atoms with van der Waals surface area (Å²) in [7, 11) is 0. The predicted octanol–water partition coefficient (Wildman–Crippen LogP) is 4.07. The SMILES string of the molecule is CC(C)Cn1c(=O)c2cc(C(=O)N3CCCC[C@H]3c3cccnc3)nn2c2ccccc21. The van der Waals surface area contributed by atoms with Crippen molar-refractivity contribution in [3.05, 3.63) is 76.5 Å². The van der Waals surface area contributed by atoms with Crippen LogP contribution in [0.25, 0.3) is 16.6 Å². The molecule has 1 saturated heterocycles. The molecule has 7 heteroatoms. The largest absolute Gasteiger partial charge is 0.330 e. The quantitative estimate of drug-likeness (QED) is 0.490. The second-order valence-electron chi connectivity index (χ2n) is 8.92. The van der Waals surface area contributed by atoms with Crippen molar-refractivity contribution >= 4 is 22.5 Å². The van der Waals surface area contributed by atoms with Crippen LogP contribution >= 0.6 is 0 Å². The first-order valence-electron chi connectivity index (χ1n) is 11.3. The summed E-state index contributed by atoms with van der Waals surface area (Å²) in [6.45, 7) is 5.46. The number of pyridine rings is 1. The van der Waals surface area contributed by atoms with Gasteiger partial charge in [0, 0.05) is 31.5 Å². The van der Waals surface area contributed by atoms with E-state index in [9.17, 15) is 9.59 Å². The van der Waals surface area contributed by atoms with Crippen molar-refractivity contribution in [1.29, 1.82) is 0 Å². The first-order chi connectivity index (χ1) is 15.5. The summed E-state index contributed by atoms with van der Waals surface area (Å²) < 4.78 is 3.43. The lowest BCUT2D eigenvalue weighted by atomic mass is 9.96. The van der Waals surface area contributed by atoms with Gasteiger partial charge < -0.3 is 9.47 Å². The average molecular weight is 430 g/mol. The number of carbonyl (C=O) groups excluding carboxylic acids is 1. The van der Waals surface area contributed by atoms with Gasteiger partial charge in [-0.05, 0) is 48.9 Å². The van der Waals surface area contributed by atoms with E-state index in [0.29, 0.717) is 30.2 Å². The van der Waals surface area contributed by atoms with E-state index in [0.717, 1.165) is 35.9 Å². The zero-order valence-corrected chi connectivity index (χ0v) is 18.4. The van der Waals surface area contributed by atoms with Gasteiger partial charge in [0.15, 0.2) is 5.69 Å². The van der Waals surface area contributed by atoms with Crippen LogP contribution in [0.2, 0.25) is 0 Å². The highest BCUT2D eigenvalue weighted by Gasteiger charge is 2.30. The van der Waals surface area contributed by atoms with Crippen LogP contribution in [0.1, 0.15) is 55.2 Å². The molecule has 1 amide bonds. The van der Waals surface area contributed by atoms with Crippen LogP contribution in [0.5, 0.6) is 0 Å². The number of carbonyl (C=O) groups is 1. The van der Waals surface area contributed by atoms with Gasteiger partial charge in [-0.3, -0.25) is 14.6 Å². The molecule has 5 rings (SSSR count). The highest BCUT2D eigenvalue weighted by Crippen LogP contribution is 2.31. The Kier molecular flexibility index (Phi) is 5.25. The van der Waals surface area contributed by atoms with E-state index >= 15 is 0 Å². The molecule has 1 fully saturated rings. The molecular weight excluding hydrogens is 402 g/mol. The van der Waals surface area contributed by atoms with E-state index in [-0.39, 0.29) is 17.5 Å². The Labute approximate surface area is 186 Å². The number of aromatic nitrogens is 4. The van der Waals surface area contributed by atoms with Crippen molar-refractivity contribution < 1.29 is 4.79 Å². The molecule has 0 N–H and O–H groups in total.